The highest BCUT2D eigenvalue weighted by Gasteiger charge is 2.05. The van der Waals surface area contributed by atoms with Gasteiger partial charge in [0.1, 0.15) is 5.15 Å². The summed E-state index contributed by atoms with van der Waals surface area (Å²) >= 11 is 5.80. The van der Waals surface area contributed by atoms with Crippen molar-refractivity contribution in [3.63, 3.8) is 0 Å². The summed E-state index contributed by atoms with van der Waals surface area (Å²) in [5.74, 6) is -0.836. The van der Waals surface area contributed by atoms with Gasteiger partial charge in [0.2, 0.25) is 0 Å². The van der Waals surface area contributed by atoms with E-state index in [1.807, 2.05) is 0 Å². The summed E-state index contributed by atoms with van der Waals surface area (Å²) < 4.78 is 1.62. The largest absolute Gasteiger partial charge is 0.481 e. The molecule has 4 nitrogen and oxygen atoms in total. The van der Waals surface area contributed by atoms with Crippen molar-refractivity contribution in [3.05, 3.63) is 17.2 Å². The van der Waals surface area contributed by atoms with Gasteiger partial charge in [0.25, 0.3) is 0 Å². The average Bonchev–Trinajstić information content (AvgIpc) is 2.30. The monoisotopic (exact) mass is 188 g/mol. The zero-order valence-electron chi connectivity index (χ0n) is 6.62. The minimum absolute atomic E-state index is 0.0650. The van der Waals surface area contributed by atoms with Crippen molar-refractivity contribution >= 4 is 17.6 Å². The molecule has 12 heavy (non-hydrogen) atoms. The Balaban J connectivity index is 2.63. The van der Waals surface area contributed by atoms with E-state index in [1.165, 1.54) is 0 Å². The van der Waals surface area contributed by atoms with Gasteiger partial charge >= 0.3 is 5.97 Å². The molecule has 66 valence electrons. The maximum atomic E-state index is 10.2. The smallest absolute Gasteiger partial charge is 0.305 e. The number of hydrogen-bond acceptors (Lipinski definition) is 2. The molecule has 0 saturated heterocycles. The molecule has 0 aliphatic heterocycles. The highest BCUT2D eigenvalue weighted by atomic mass is 35.5. The lowest BCUT2D eigenvalue weighted by Crippen LogP contribution is -2.03. The summed E-state index contributed by atoms with van der Waals surface area (Å²) in [5.41, 5.74) is 0.724. The van der Waals surface area contributed by atoms with Crippen LogP contribution in [-0.2, 0) is 11.3 Å². The lowest BCUT2D eigenvalue weighted by atomic mass is 10.4. The second-order valence-electron chi connectivity index (χ2n) is 2.46. The number of carboxylic acid groups (broad SMARTS) is 1. The second kappa shape index (κ2) is 3.58. The molecule has 1 rings (SSSR count). The van der Waals surface area contributed by atoms with Crippen molar-refractivity contribution in [1.82, 2.24) is 9.55 Å². The van der Waals surface area contributed by atoms with E-state index in [9.17, 15) is 4.79 Å². The van der Waals surface area contributed by atoms with E-state index in [2.05, 4.69) is 4.98 Å². The van der Waals surface area contributed by atoms with Crippen molar-refractivity contribution in [2.45, 2.75) is 19.9 Å². The van der Waals surface area contributed by atoms with Gasteiger partial charge < -0.3 is 9.67 Å². The summed E-state index contributed by atoms with van der Waals surface area (Å²) in [5, 5.41) is 8.91. The van der Waals surface area contributed by atoms with E-state index in [1.54, 1.807) is 17.8 Å². The summed E-state index contributed by atoms with van der Waals surface area (Å²) in [6.07, 6.45) is 1.61. The van der Waals surface area contributed by atoms with Crippen LogP contribution in [0.4, 0.5) is 0 Å². The predicted octanol–water partition coefficient (Wildman–Crippen LogP) is 1.32. The molecule has 1 heterocycles. The van der Waals surface area contributed by atoms with Crippen LogP contribution in [0, 0.1) is 6.92 Å². The Morgan fingerprint density at radius 3 is 2.92 bits per heavy atom. The Hall–Kier alpha value is -1.03. The average molecular weight is 189 g/mol. The molecule has 0 aliphatic rings. The molecule has 0 aliphatic carbocycles. The van der Waals surface area contributed by atoms with Crippen LogP contribution in [0.5, 0.6) is 0 Å². The first-order chi connectivity index (χ1) is 5.61. The van der Waals surface area contributed by atoms with Crippen LogP contribution >= 0.6 is 11.6 Å². The minimum Gasteiger partial charge on any atom is -0.481 e. The van der Waals surface area contributed by atoms with Crippen molar-refractivity contribution in [2.24, 2.45) is 0 Å². The van der Waals surface area contributed by atoms with Crippen LogP contribution in [-0.4, -0.2) is 20.6 Å². The van der Waals surface area contributed by atoms with Crippen LogP contribution in [0.3, 0.4) is 0 Å². The molecule has 0 radical (unpaired) electrons. The van der Waals surface area contributed by atoms with Gasteiger partial charge in [0.05, 0.1) is 18.4 Å². The maximum Gasteiger partial charge on any atom is 0.305 e. The van der Waals surface area contributed by atoms with Crippen molar-refractivity contribution in [2.75, 3.05) is 0 Å². The van der Waals surface area contributed by atoms with E-state index >= 15 is 0 Å². The first-order valence-electron chi connectivity index (χ1n) is 3.50. The molecule has 0 unspecified atom stereocenters. The van der Waals surface area contributed by atoms with Crippen LogP contribution in [0.1, 0.15) is 12.1 Å². The summed E-state index contributed by atoms with van der Waals surface area (Å²) in [6, 6.07) is 0. The first kappa shape index (κ1) is 9.06. The van der Waals surface area contributed by atoms with E-state index in [0.29, 0.717) is 11.7 Å². The fraction of sp³-hybridized carbons (Fsp3) is 0.429. The number of aromatic nitrogens is 2. The maximum absolute atomic E-state index is 10.2. The van der Waals surface area contributed by atoms with Crippen molar-refractivity contribution < 1.29 is 9.90 Å². The molecule has 0 bridgehead atoms. The molecule has 0 aromatic carbocycles. The van der Waals surface area contributed by atoms with Gasteiger partial charge in [0.15, 0.2) is 0 Å². The third-order valence-corrected chi connectivity index (χ3v) is 2.00. The Morgan fingerprint density at radius 2 is 2.50 bits per heavy atom. The fourth-order valence-electron chi connectivity index (χ4n) is 0.840. The molecule has 0 atom stereocenters. The number of rotatable bonds is 3. The van der Waals surface area contributed by atoms with Gasteiger partial charge in [-0.05, 0) is 6.92 Å². The molecule has 1 aromatic rings. The van der Waals surface area contributed by atoms with E-state index in [-0.39, 0.29) is 6.42 Å². The molecule has 1 aromatic heterocycles. The summed E-state index contributed by atoms with van der Waals surface area (Å²) in [7, 11) is 0. The standard InChI is InChI=1S/C7H9ClN2O2/c1-5-7(8)10(4-9-5)3-2-6(11)12/h4H,2-3H2,1H3,(H,11,12). The number of hydrogen-bond donors (Lipinski definition) is 1. The third-order valence-electron chi connectivity index (χ3n) is 1.51. The predicted molar refractivity (Wildman–Crippen MR) is 44.2 cm³/mol. The molecule has 1 N–H and O–H groups in total. The van der Waals surface area contributed by atoms with Gasteiger partial charge in [0, 0.05) is 6.54 Å². The molecule has 5 heteroatoms. The molecule has 0 fully saturated rings. The highest BCUT2D eigenvalue weighted by Crippen LogP contribution is 2.13. The Labute approximate surface area is 74.8 Å². The van der Waals surface area contributed by atoms with E-state index in [4.69, 9.17) is 16.7 Å². The lowest BCUT2D eigenvalue weighted by molar-refractivity contribution is -0.137. The van der Waals surface area contributed by atoms with Gasteiger partial charge in [-0.1, -0.05) is 11.6 Å². The van der Waals surface area contributed by atoms with Crippen molar-refractivity contribution in [1.29, 1.82) is 0 Å². The number of aliphatic carboxylic acids is 1. The van der Waals surface area contributed by atoms with Crippen LogP contribution < -0.4 is 0 Å². The fourth-order valence-corrected chi connectivity index (χ4v) is 1.02. The zero-order chi connectivity index (χ0) is 9.14. The zero-order valence-corrected chi connectivity index (χ0v) is 7.38. The Kier molecular flexibility index (Phi) is 2.70. The van der Waals surface area contributed by atoms with E-state index in [0.717, 1.165) is 5.69 Å². The van der Waals surface area contributed by atoms with Gasteiger partial charge in [-0.2, -0.15) is 0 Å². The van der Waals surface area contributed by atoms with Crippen LogP contribution in [0.15, 0.2) is 6.33 Å². The van der Waals surface area contributed by atoms with E-state index < -0.39 is 5.97 Å². The number of carboxylic acids is 1. The SMILES string of the molecule is Cc1ncn(CCC(=O)O)c1Cl. The number of halogens is 1. The summed E-state index contributed by atoms with van der Waals surface area (Å²) in [4.78, 5) is 14.1. The van der Waals surface area contributed by atoms with Crippen LogP contribution in [0.2, 0.25) is 5.15 Å². The Bertz CT molecular complexity index is 296. The quantitative estimate of drug-likeness (QED) is 0.779. The normalized spacial score (nSPS) is 10.2. The number of aryl methyl sites for hydroxylation is 2. The number of carbonyl (C=O) groups is 1. The molecule has 0 spiro atoms. The highest BCUT2D eigenvalue weighted by molar-refractivity contribution is 6.30. The number of imidazole rings is 1. The molecule has 0 saturated carbocycles. The van der Waals surface area contributed by atoms with Gasteiger partial charge in [-0.25, -0.2) is 4.98 Å². The van der Waals surface area contributed by atoms with Gasteiger partial charge in [-0.3, -0.25) is 4.79 Å². The molecular weight excluding hydrogens is 180 g/mol. The minimum atomic E-state index is -0.836. The second-order valence-corrected chi connectivity index (χ2v) is 2.82. The third kappa shape index (κ3) is 1.98. The molecular formula is C7H9ClN2O2. The van der Waals surface area contributed by atoms with Gasteiger partial charge in [-0.15, -0.1) is 0 Å². The molecule has 0 amide bonds. The number of nitrogens with zero attached hydrogens (tertiary/aromatic N) is 2. The topological polar surface area (TPSA) is 55.1 Å². The lowest BCUT2D eigenvalue weighted by Gasteiger charge is -1.99. The summed E-state index contributed by atoms with van der Waals surface area (Å²) in [6.45, 7) is 2.15. The van der Waals surface area contributed by atoms with Crippen molar-refractivity contribution in [3.8, 4) is 0 Å². The first-order valence-corrected chi connectivity index (χ1v) is 3.88. The van der Waals surface area contributed by atoms with Crippen LogP contribution in [0.25, 0.3) is 0 Å². The Morgan fingerprint density at radius 1 is 1.83 bits per heavy atom.